The van der Waals surface area contributed by atoms with Crippen LogP contribution in [0.1, 0.15) is 5.56 Å². The third-order valence-corrected chi connectivity index (χ3v) is 4.43. The summed E-state index contributed by atoms with van der Waals surface area (Å²) in [4.78, 5) is 15.9. The van der Waals surface area contributed by atoms with E-state index >= 15 is 0 Å². The molecule has 1 aromatic carbocycles. The van der Waals surface area contributed by atoms with Gasteiger partial charge < -0.3 is 5.32 Å². The second-order valence-electron chi connectivity index (χ2n) is 4.88. The number of anilines is 1. The van der Waals surface area contributed by atoms with E-state index in [4.69, 9.17) is 11.6 Å². The second-order valence-corrected chi connectivity index (χ2v) is 7.22. The van der Waals surface area contributed by atoms with Gasteiger partial charge in [-0.1, -0.05) is 11.6 Å². The minimum atomic E-state index is -3.59. The lowest BCUT2D eigenvalue weighted by molar-refractivity contribution is -0.119. The molecule has 0 aliphatic heterocycles. The van der Waals surface area contributed by atoms with Crippen LogP contribution in [0.15, 0.2) is 48.8 Å². The Morgan fingerprint density at radius 1 is 1.17 bits per heavy atom. The highest BCUT2D eigenvalue weighted by molar-refractivity contribution is 7.92. The molecule has 0 aliphatic carbocycles. The molecule has 0 saturated carbocycles. The van der Waals surface area contributed by atoms with Crippen molar-refractivity contribution in [3.63, 3.8) is 0 Å². The van der Waals surface area contributed by atoms with E-state index in [1.807, 2.05) is 0 Å². The molecule has 0 radical (unpaired) electrons. The number of hydrogen-bond acceptors (Lipinski definition) is 4. The first kappa shape index (κ1) is 17.2. The van der Waals surface area contributed by atoms with Gasteiger partial charge in [0, 0.05) is 24.0 Å². The molecule has 1 aromatic heterocycles. The number of hydrogen-bond donors (Lipinski definition) is 1. The van der Waals surface area contributed by atoms with Crippen molar-refractivity contribution >= 4 is 33.2 Å². The van der Waals surface area contributed by atoms with Crippen LogP contribution in [0.3, 0.4) is 0 Å². The molecule has 0 saturated heterocycles. The van der Waals surface area contributed by atoms with Crippen molar-refractivity contribution < 1.29 is 13.2 Å². The van der Waals surface area contributed by atoms with Gasteiger partial charge in [0.05, 0.1) is 11.9 Å². The van der Waals surface area contributed by atoms with Crippen molar-refractivity contribution in [1.82, 2.24) is 10.3 Å². The first-order chi connectivity index (χ1) is 10.9. The van der Waals surface area contributed by atoms with Gasteiger partial charge in [0.15, 0.2) is 0 Å². The standard InChI is InChI=1S/C15H16ClN3O3S/c1-23(21,22)19(14-4-2-13(16)3-5-14)11-15(20)18-10-12-6-8-17-9-7-12/h2-9H,10-11H2,1H3,(H,18,20). The number of nitrogens with one attached hydrogen (secondary N) is 1. The summed E-state index contributed by atoms with van der Waals surface area (Å²) in [6, 6.07) is 9.80. The van der Waals surface area contributed by atoms with E-state index in [0.717, 1.165) is 16.1 Å². The monoisotopic (exact) mass is 353 g/mol. The third-order valence-electron chi connectivity index (χ3n) is 3.04. The van der Waals surface area contributed by atoms with Gasteiger partial charge in [-0.25, -0.2) is 8.42 Å². The molecule has 1 N–H and O–H groups in total. The number of benzene rings is 1. The minimum Gasteiger partial charge on any atom is -0.350 e. The Hall–Kier alpha value is -2.12. The van der Waals surface area contributed by atoms with Gasteiger partial charge in [-0.15, -0.1) is 0 Å². The minimum absolute atomic E-state index is 0.300. The summed E-state index contributed by atoms with van der Waals surface area (Å²) >= 11 is 5.80. The molecular formula is C15H16ClN3O3S. The van der Waals surface area contributed by atoms with Crippen LogP contribution >= 0.6 is 11.6 Å². The molecule has 8 heteroatoms. The molecule has 1 amide bonds. The van der Waals surface area contributed by atoms with Gasteiger partial charge in [-0.2, -0.15) is 0 Å². The molecule has 23 heavy (non-hydrogen) atoms. The molecule has 6 nitrogen and oxygen atoms in total. The molecule has 0 fully saturated rings. The van der Waals surface area contributed by atoms with E-state index < -0.39 is 15.9 Å². The van der Waals surface area contributed by atoms with Gasteiger partial charge >= 0.3 is 0 Å². The summed E-state index contributed by atoms with van der Waals surface area (Å²) in [5.41, 5.74) is 1.27. The summed E-state index contributed by atoms with van der Waals surface area (Å²) in [7, 11) is -3.59. The van der Waals surface area contributed by atoms with E-state index in [9.17, 15) is 13.2 Å². The molecular weight excluding hydrogens is 338 g/mol. The van der Waals surface area contributed by atoms with Crippen LogP contribution in [0.2, 0.25) is 5.02 Å². The quantitative estimate of drug-likeness (QED) is 0.859. The van der Waals surface area contributed by atoms with Crippen LogP contribution < -0.4 is 9.62 Å². The first-order valence-electron chi connectivity index (χ1n) is 6.75. The lowest BCUT2D eigenvalue weighted by Gasteiger charge is -2.21. The van der Waals surface area contributed by atoms with Crippen molar-refractivity contribution in [2.24, 2.45) is 0 Å². The molecule has 1 heterocycles. The molecule has 0 spiro atoms. The number of rotatable bonds is 6. The van der Waals surface area contributed by atoms with Crippen LogP contribution in [0.5, 0.6) is 0 Å². The van der Waals surface area contributed by atoms with Gasteiger partial charge in [0.25, 0.3) is 0 Å². The first-order valence-corrected chi connectivity index (χ1v) is 8.98. The van der Waals surface area contributed by atoms with Crippen LogP contribution in [-0.2, 0) is 21.4 Å². The lowest BCUT2D eigenvalue weighted by atomic mass is 10.3. The van der Waals surface area contributed by atoms with Crippen molar-refractivity contribution in [1.29, 1.82) is 0 Å². The largest absolute Gasteiger partial charge is 0.350 e. The Morgan fingerprint density at radius 3 is 2.35 bits per heavy atom. The number of carbonyl (C=O) groups is 1. The fourth-order valence-corrected chi connectivity index (χ4v) is 2.88. The van der Waals surface area contributed by atoms with Gasteiger partial charge in [0.2, 0.25) is 15.9 Å². The molecule has 0 unspecified atom stereocenters. The van der Waals surface area contributed by atoms with Crippen LogP contribution in [0, 0.1) is 0 Å². The van der Waals surface area contributed by atoms with E-state index in [2.05, 4.69) is 10.3 Å². The highest BCUT2D eigenvalue weighted by Gasteiger charge is 2.20. The number of nitrogens with zero attached hydrogens (tertiary/aromatic N) is 2. The van der Waals surface area contributed by atoms with E-state index in [1.54, 1.807) is 48.8 Å². The van der Waals surface area contributed by atoms with E-state index in [-0.39, 0.29) is 6.54 Å². The predicted octanol–water partition coefficient (Wildman–Crippen LogP) is 1.82. The number of carbonyl (C=O) groups excluding carboxylic acids is 1. The zero-order valence-corrected chi connectivity index (χ0v) is 14.0. The Labute approximate surface area is 140 Å². The highest BCUT2D eigenvalue weighted by atomic mass is 35.5. The van der Waals surface area contributed by atoms with Crippen molar-refractivity contribution in [3.8, 4) is 0 Å². The maximum Gasteiger partial charge on any atom is 0.241 e. The second kappa shape index (κ2) is 7.43. The Balaban J connectivity index is 2.06. The lowest BCUT2D eigenvalue weighted by Crippen LogP contribution is -2.40. The third kappa shape index (κ3) is 5.22. The van der Waals surface area contributed by atoms with Crippen LogP contribution in [-0.4, -0.2) is 32.1 Å². The summed E-state index contributed by atoms with van der Waals surface area (Å²) in [5.74, 6) is -0.401. The maximum atomic E-state index is 12.1. The zero-order valence-electron chi connectivity index (χ0n) is 12.4. The average Bonchev–Trinajstić information content (AvgIpc) is 2.52. The number of halogens is 1. The highest BCUT2D eigenvalue weighted by Crippen LogP contribution is 2.20. The number of pyridine rings is 1. The van der Waals surface area contributed by atoms with Crippen LogP contribution in [0.4, 0.5) is 5.69 Å². The molecule has 0 bridgehead atoms. The van der Waals surface area contributed by atoms with E-state index in [1.165, 1.54) is 0 Å². The van der Waals surface area contributed by atoms with E-state index in [0.29, 0.717) is 17.3 Å². The SMILES string of the molecule is CS(=O)(=O)N(CC(=O)NCc1ccncc1)c1ccc(Cl)cc1. The molecule has 0 aliphatic rings. The molecule has 2 rings (SSSR count). The summed E-state index contributed by atoms with van der Waals surface area (Å²) in [5, 5.41) is 3.17. The fraction of sp³-hybridized carbons (Fsp3) is 0.200. The summed E-state index contributed by atoms with van der Waals surface area (Å²) in [6.07, 6.45) is 4.30. The number of amides is 1. The van der Waals surface area contributed by atoms with Crippen molar-refractivity contribution in [2.45, 2.75) is 6.54 Å². The number of aromatic nitrogens is 1. The topological polar surface area (TPSA) is 79.4 Å². The van der Waals surface area contributed by atoms with Crippen LogP contribution in [0.25, 0.3) is 0 Å². The smallest absolute Gasteiger partial charge is 0.241 e. The summed E-state index contributed by atoms with van der Waals surface area (Å²) in [6.45, 7) is 0.00508. The Kier molecular flexibility index (Phi) is 5.57. The normalized spacial score (nSPS) is 11.0. The van der Waals surface area contributed by atoms with Gasteiger partial charge in [0.1, 0.15) is 6.54 Å². The average molecular weight is 354 g/mol. The zero-order chi connectivity index (χ0) is 16.9. The Morgan fingerprint density at radius 2 is 1.78 bits per heavy atom. The molecule has 2 aromatic rings. The summed E-state index contributed by atoms with van der Waals surface area (Å²) < 4.78 is 24.9. The van der Waals surface area contributed by atoms with Gasteiger partial charge in [-0.05, 0) is 42.0 Å². The number of sulfonamides is 1. The molecule has 122 valence electrons. The Bertz CT molecular complexity index is 764. The predicted molar refractivity (Wildman–Crippen MR) is 89.7 cm³/mol. The fourth-order valence-electron chi connectivity index (χ4n) is 1.89. The van der Waals surface area contributed by atoms with Gasteiger partial charge in [-0.3, -0.25) is 14.1 Å². The maximum absolute atomic E-state index is 12.1. The molecule has 0 atom stereocenters. The van der Waals surface area contributed by atoms with Crippen molar-refractivity contribution in [2.75, 3.05) is 17.1 Å². The van der Waals surface area contributed by atoms with Crippen molar-refractivity contribution in [3.05, 3.63) is 59.4 Å².